The van der Waals surface area contributed by atoms with Crippen molar-refractivity contribution in [1.82, 2.24) is 29.5 Å². The summed E-state index contributed by atoms with van der Waals surface area (Å²) in [6.07, 6.45) is 2.28. The van der Waals surface area contributed by atoms with Gasteiger partial charge in [0.15, 0.2) is 11.0 Å². The summed E-state index contributed by atoms with van der Waals surface area (Å²) < 4.78 is 17.0. The second-order valence-electron chi connectivity index (χ2n) is 6.78. The summed E-state index contributed by atoms with van der Waals surface area (Å²) in [7, 11) is 0. The maximum atomic E-state index is 14.6. The van der Waals surface area contributed by atoms with E-state index < -0.39 is 17.8 Å². The molecule has 0 amide bonds. The third-order valence-corrected chi connectivity index (χ3v) is 4.89. The molecule has 3 heterocycles. The van der Waals surface area contributed by atoms with Crippen molar-refractivity contribution in [3.63, 3.8) is 0 Å². The van der Waals surface area contributed by atoms with Gasteiger partial charge in [-0.3, -0.25) is 0 Å². The van der Waals surface area contributed by atoms with Gasteiger partial charge in [0.25, 0.3) is 11.9 Å². The number of benzene rings is 1. The number of hydrogen-bond donors (Lipinski definition) is 2. The van der Waals surface area contributed by atoms with Crippen LogP contribution in [-0.2, 0) is 0 Å². The van der Waals surface area contributed by atoms with Crippen molar-refractivity contribution in [2.75, 3.05) is 0 Å². The van der Waals surface area contributed by atoms with Gasteiger partial charge in [0.05, 0.1) is 17.8 Å². The lowest BCUT2D eigenvalue weighted by Crippen LogP contribution is -2.10. The molecule has 9 nitrogen and oxygen atoms in total. The molecule has 3 aromatic heterocycles. The van der Waals surface area contributed by atoms with Crippen molar-refractivity contribution in [2.24, 2.45) is 0 Å². The molecule has 0 fully saturated rings. The summed E-state index contributed by atoms with van der Waals surface area (Å²) in [6, 6.07) is 5.48. The van der Waals surface area contributed by atoms with E-state index in [2.05, 4.69) is 20.2 Å². The van der Waals surface area contributed by atoms with Crippen molar-refractivity contribution >= 4 is 17.0 Å². The Morgan fingerprint density at radius 2 is 1.97 bits per heavy atom. The lowest BCUT2D eigenvalue weighted by atomic mass is 10.0. The van der Waals surface area contributed by atoms with Crippen molar-refractivity contribution in [2.45, 2.75) is 26.8 Å². The number of hydrogen-bond acceptors (Lipinski definition) is 6. The van der Waals surface area contributed by atoms with Crippen LogP contribution in [0, 0.1) is 19.8 Å². The van der Waals surface area contributed by atoms with E-state index in [4.69, 9.17) is 5.11 Å². The average molecular weight is 396 g/mol. The Labute approximate surface area is 164 Å². The second kappa shape index (κ2) is 6.66. The number of carbonyl (C=O) groups is 1. The van der Waals surface area contributed by atoms with Crippen LogP contribution in [0.1, 0.15) is 40.0 Å². The monoisotopic (exact) mass is 396 g/mol. The molecule has 0 aliphatic rings. The minimum atomic E-state index is -1.18. The van der Waals surface area contributed by atoms with Crippen LogP contribution in [0.15, 0.2) is 30.6 Å². The first-order valence-electron chi connectivity index (χ1n) is 8.76. The van der Waals surface area contributed by atoms with Crippen LogP contribution in [-0.4, -0.2) is 45.7 Å². The van der Waals surface area contributed by atoms with E-state index in [-0.39, 0.29) is 28.6 Å². The molecule has 1 atom stereocenters. The van der Waals surface area contributed by atoms with Gasteiger partial charge in [0.2, 0.25) is 5.88 Å². The quantitative estimate of drug-likeness (QED) is 0.544. The summed E-state index contributed by atoms with van der Waals surface area (Å²) >= 11 is 0. The minimum absolute atomic E-state index is 0.0441. The predicted molar refractivity (Wildman–Crippen MR) is 101 cm³/mol. The summed E-state index contributed by atoms with van der Waals surface area (Å²) in [5.41, 5.74) is 2.88. The molecule has 0 aliphatic carbocycles. The number of rotatable bonds is 4. The minimum Gasteiger partial charge on any atom is -0.492 e. The first kappa shape index (κ1) is 18.5. The molecule has 0 spiro atoms. The average Bonchev–Trinajstić information content (AvgIpc) is 3.29. The van der Waals surface area contributed by atoms with Crippen LogP contribution >= 0.6 is 0 Å². The molecule has 29 heavy (non-hydrogen) atoms. The maximum Gasteiger partial charge on any atom is 0.338 e. The molecular weight excluding hydrogens is 379 g/mol. The fraction of sp³-hybridized carbons (Fsp3) is 0.211. The van der Waals surface area contributed by atoms with E-state index in [1.54, 1.807) is 0 Å². The number of aromatic carboxylic acids is 1. The Bertz CT molecular complexity index is 1260. The molecule has 10 heteroatoms. The topological polar surface area (TPSA) is 119 Å². The van der Waals surface area contributed by atoms with Crippen LogP contribution in [0.5, 0.6) is 5.88 Å². The normalized spacial score (nSPS) is 12.4. The van der Waals surface area contributed by atoms with Gasteiger partial charge in [-0.25, -0.2) is 19.1 Å². The molecule has 0 bridgehead atoms. The Hall–Kier alpha value is -3.82. The summed E-state index contributed by atoms with van der Waals surface area (Å²) in [5, 5.41) is 27.2. The first-order valence-corrected chi connectivity index (χ1v) is 8.76. The van der Waals surface area contributed by atoms with Crippen LogP contribution in [0.25, 0.3) is 17.0 Å². The predicted octanol–water partition coefficient (Wildman–Crippen LogP) is 2.78. The highest BCUT2D eigenvalue weighted by Gasteiger charge is 2.23. The number of carboxylic acids is 1. The number of halogens is 1. The lowest BCUT2D eigenvalue weighted by molar-refractivity contribution is 0.0697. The van der Waals surface area contributed by atoms with Gasteiger partial charge in [-0.15, -0.1) is 5.10 Å². The first-order chi connectivity index (χ1) is 13.8. The molecular formula is C19H17FN6O3. The van der Waals surface area contributed by atoms with Crippen molar-refractivity contribution in [3.05, 3.63) is 58.8 Å². The molecule has 0 radical (unpaired) electrons. The van der Waals surface area contributed by atoms with Gasteiger partial charge < -0.3 is 10.2 Å². The third kappa shape index (κ3) is 3.08. The number of aromatic nitrogens is 6. The number of nitrogens with zero attached hydrogens (tertiary/aromatic N) is 6. The van der Waals surface area contributed by atoms with Crippen LogP contribution < -0.4 is 0 Å². The smallest absolute Gasteiger partial charge is 0.338 e. The van der Waals surface area contributed by atoms with Crippen LogP contribution in [0.2, 0.25) is 0 Å². The Balaban J connectivity index is 1.83. The molecule has 4 rings (SSSR count). The summed E-state index contributed by atoms with van der Waals surface area (Å²) in [5.74, 6) is -2.70. The fourth-order valence-electron chi connectivity index (χ4n) is 3.07. The Kier molecular flexibility index (Phi) is 4.26. The highest BCUT2D eigenvalue weighted by Crippen LogP contribution is 2.30. The molecule has 0 aliphatic heterocycles. The molecule has 0 saturated heterocycles. The number of carboxylic acid groups (broad SMARTS) is 1. The number of aryl methyl sites for hydroxylation is 2. The lowest BCUT2D eigenvalue weighted by Gasteiger charge is -2.15. The van der Waals surface area contributed by atoms with Crippen LogP contribution in [0.3, 0.4) is 0 Å². The van der Waals surface area contributed by atoms with E-state index in [9.17, 15) is 14.3 Å². The van der Waals surface area contributed by atoms with E-state index in [1.807, 2.05) is 39.0 Å². The van der Waals surface area contributed by atoms with E-state index in [0.717, 1.165) is 27.6 Å². The zero-order valence-corrected chi connectivity index (χ0v) is 15.8. The molecule has 0 unspecified atom stereocenters. The fourth-order valence-corrected chi connectivity index (χ4v) is 3.07. The SMILES string of the molecule is Cc1ccc([C@H](C)n2nc(F)c3nc(-n4cc(C(=O)O)cn4)nc(O)c32)cc1C. The molecule has 148 valence electrons. The van der Waals surface area contributed by atoms with Gasteiger partial charge in [-0.2, -0.15) is 14.5 Å². The van der Waals surface area contributed by atoms with Gasteiger partial charge in [0, 0.05) is 6.20 Å². The van der Waals surface area contributed by atoms with E-state index in [1.165, 1.54) is 10.9 Å². The van der Waals surface area contributed by atoms with Gasteiger partial charge in [-0.05, 0) is 37.5 Å². The number of fused-ring (bicyclic) bond motifs is 1. The molecule has 1 aromatic carbocycles. The highest BCUT2D eigenvalue weighted by molar-refractivity contribution is 5.87. The zero-order valence-electron chi connectivity index (χ0n) is 15.8. The van der Waals surface area contributed by atoms with Crippen molar-refractivity contribution in [1.29, 1.82) is 0 Å². The van der Waals surface area contributed by atoms with Gasteiger partial charge in [-0.1, -0.05) is 18.2 Å². The van der Waals surface area contributed by atoms with Crippen molar-refractivity contribution < 1.29 is 19.4 Å². The van der Waals surface area contributed by atoms with Gasteiger partial charge >= 0.3 is 5.97 Å². The molecule has 4 aromatic rings. The van der Waals surface area contributed by atoms with E-state index in [0.29, 0.717) is 0 Å². The Morgan fingerprint density at radius 1 is 1.21 bits per heavy atom. The number of aromatic hydroxyl groups is 1. The standard InChI is InChI=1S/C19H17FN6O3/c1-9-4-5-12(6-10(9)2)11(3)26-15-14(16(20)24-26)22-19(23-17(15)27)25-8-13(7-21-25)18(28)29/h4-8,11H,1-3H3,(H,28,29)(H,22,23,27)/t11-/m0/s1. The molecule has 2 N–H and O–H groups in total. The summed E-state index contributed by atoms with van der Waals surface area (Å²) in [4.78, 5) is 19.1. The Morgan fingerprint density at radius 3 is 2.62 bits per heavy atom. The zero-order chi connectivity index (χ0) is 20.9. The van der Waals surface area contributed by atoms with E-state index >= 15 is 0 Å². The molecule has 0 saturated carbocycles. The second-order valence-corrected chi connectivity index (χ2v) is 6.78. The third-order valence-electron chi connectivity index (χ3n) is 4.89. The highest BCUT2D eigenvalue weighted by atomic mass is 19.1. The van der Waals surface area contributed by atoms with Gasteiger partial charge in [0.1, 0.15) is 0 Å². The maximum absolute atomic E-state index is 14.6. The largest absolute Gasteiger partial charge is 0.492 e. The summed E-state index contributed by atoms with van der Waals surface area (Å²) in [6.45, 7) is 5.81. The van der Waals surface area contributed by atoms with Crippen molar-refractivity contribution in [3.8, 4) is 11.8 Å². The van der Waals surface area contributed by atoms with Crippen LogP contribution in [0.4, 0.5) is 4.39 Å².